The number of hydrogen-bond acceptors (Lipinski definition) is 3. The molecule has 2 rings (SSSR count). The summed E-state index contributed by atoms with van der Waals surface area (Å²) >= 11 is 12.0. The first kappa shape index (κ1) is 16.2. The van der Waals surface area contributed by atoms with Crippen molar-refractivity contribution < 1.29 is 14.3 Å². The predicted molar refractivity (Wildman–Crippen MR) is 83.4 cm³/mol. The molecule has 0 bridgehead atoms. The van der Waals surface area contributed by atoms with Crippen molar-refractivity contribution in [2.75, 3.05) is 20.8 Å². The smallest absolute Gasteiger partial charge is 0.229 e. The number of hydrogen-bond donors (Lipinski definition) is 1. The summed E-state index contributed by atoms with van der Waals surface area (Å²) in [5.74, 6) is 1.26. The monoisotopic (exact) mass is 331 g/mol. The lowest BCUT2D eigenvalue weighted by Gasteiger charge is -2.13. The van der Waals surface area contributed by atoms with E-state index < -0.39 is 9.75 Å². The maximum atomic E-state index is 12.0. The van der Waals surface area contributed by atoms with E-state index in [1.54, 1.807) is 21.1 Å². The lowest BCUT2D eigenvalue weighted by atomic mass is 10.1. The van der Waals surface area contributed by atoms with Crippen molar-refractivity contribution >= 4 is 29.1 Å². The Morgan fingerprint density at radius 3 is 2.43 bits per heavy atom. The molecule has 1 amide bonds. The normalized spacial score (nSPS) is 22.5. The van der Waals surface area contributed by atoms with Gasteiger partial charge >= 0.3 is 0 Å². The maximum Gasteiger partial charge on any atom is 0.229 e. The Kier molecular flexibility index (Phi) is 4.59. The molecule has 0 spiro atoms. The van der Waals surface area contributed by atoms with E-state index in [0.29, 0.717) is 30.9 Å². The zero-order valence-electron chi connectivity index (χ0n) is 12.3. The van der Waals surface area contributed by atoms with Gasteiger partial charge in [0, 0.05) is 6.54 Å². The molecule has 1 aliphatic rings. The van der Waals surface area contributed by atoms with Gasteiger partial charge in [0.25, 0.3) is 0 Å². The first-order chi connectivity index (χ1) is 9.84. The molecule has 0 aliphatic heterocycles. The number of halogens is 2. The molecule has 0 saturated heterocycles. The van der Waals surface area contributed by atoms with E-state index in [0.717, 1.165) is 5.56 Å². The van der Waals surface area contributed by atoms with Crippen LogP contribution in [0.2, 0.25) is 0 Å². The van der Waals surface area contributed by atoms with E-state index >= 15 is 0 Å². The predicted octanol–water partition coefficient (Wildman–Crippen LogP) is 2.95. The number of methoxy groups -OCH3 is 2. The van der Waals surface area contributed by atoms with Crippen LogP contribution in [-0.2, 0) is 11.2 Å². The highest BCUT2D eigenvalue weighted by Crippen LogP contribution is 2.63. The van der Waals surface area contributed by atoms with E-state index in [4.69, 9.17) is 32.7 Å². The first-order valence-electron chi connectivity index (χ1n) is 6.71. The third-order valence-corrected chi connectivity index (χ3v) is 5.01. The fourth-order valence-electron chi connectivity index (χ4n) is 2.20. The highest BCUT2D eigenvalue weighted by molar-refractivity contribution is 6.53. The van der Waals surface area contributed by atoms with Crippen LogP contribution in [0.25, 0.3) is 0 Å². The van der Waals surface area contributed by atoms with Gasteiger partial charge in [0.05, 0.1) is 19.6 Å². The van der Waals surface area contributed by atoms with E-state index in [2.05, 4.69) is 5.32 Å². The van der Waals surface area contributed by atoms with Crippen molar-refractivity contribution in [1.29, 1.82) is 0 Å². The second-order valence-corrected chi connectivity index (χ2v) is 6.89. The minimum absolute atomic E-state index is 0.104. The summed E-state index contributed by atoms with van der Waals surface area (Å²) < 4.78 is 9.50. The average molecular weight is 332 g/mol. The zero-order chi connectivity index (χ0) is 15.7. The second-order valence-electron chi connectivity index (χ2n) is 5.41. The fraction of sp³-hybridized carbons (Fsp3) is 0.533. The Hall–Kier alpha value is -1.13. The molecule has 0 radical (unpaired) electrons. The molecule has 21 heavy (non-hydrogen) atoms. The Labute approximate surface area is 134 Å². The third kappa shape index (κ3) is 3.22. The second kappa shape index (κ2) is 5.93. The van der Waals surface area contributed by atoms with Gasteiger partial charge in [-0.2, -0.15) is 0 Å². The summed E-state index contributed by atoms with van der Waals surface area (Å²) in [6.07, 6.45) is 1.19. The Morgan fingerprint density at radius 1 is 1.29 bits per heavy atom. The van der Waals surface area contributed by atoms with E-state index in [1.807, 2.05) is 18.2 Å². The highest BCUT2D eigenvalue weighted by atomic mass is 35.5. The van der Waals surface area contributed by atoms with Gasteiger partial charge in [-0.3, -0.25) is 4.79 Å². The molecular formula is C15H19Cl2NO3. The van der Waals surface area contributed by atoms with Crippen LogP contribution in [-0.4, -0.2) is 31.0 Å². The molecule has 1 aliphatic carbocycles. The molecule has 1 atom stereocenters. The standard InChI is InChI=1S/C15H19Cl2NO3/c1-14(9-15(14,16)17)13(19)18-7-6-10-4-5-11(20-2)12(8-10)21-3/h4-5,8H,6-7,9H2,1-3H3,(H,18,19). The quantitative estimate of drug-likeness (QED) is 0.815. The number of rotatable bonds is 6. The molecule has 4 nitrogen and oxygen atoms in total. The van der Waals surface area contributed by atoms with Gasteiger partial charge in [-0.05, 0) is 37.5 Å². The summed E-state index contributed by atoms with van der Waals surface area (Å²) in [7, 11) is 3.19. The molecular weight excluding hydrogens is 313 g/mol. The Balaban J connectivity index is 1.88. The fourth-order valence-corrected chi connectivity index (χ4v) is 2.90. The lowest BCUT2D eigenvalue weighted by Crippen LogP contribution is -2.34. The van der Waals surface area contributed by atoms with Gasteiger partial charge in [-0.1, -0.05) is 6.07 Å². The van der Waals surface area contributed by atoms with Gasteiger partial charge in [0.15, 0.2) is 11.5 Å². The van der Waals surface area contributed by atoms with Crippen molar-refractivity contribution in [3.63, 3.8) is 0 Å². The summed E-state index contributed by atoms with van der Waals surface area (Å²) in [5, 5.41) is 2.88. The molecule has 6 heteroatoms. The van der Waals surface area contributed by atoms with Crippen LogP contribution < -0.4 is 14.8 Å². The van der Waals surface area contributed by atoms with Crippen molar-refractivity contribution in [3.8, 4) is 11.5 Å². The summed E-state index contributed by atoms with van der Waals surface area (Å²) in [5.41, 5.74) is 0.380. The summed E-state index contributed by atoms with van der Waals surface area (Å²) in [6.45, 7) is 2.30. The van der Waals surface area contributed by atoms with Crippen LogP contribution in [0.3, 0.4) is 0 Å². The number of amides is 1. The number of benzene rings is 1. The molecule has 1 unspecified atom stereocenters. The SMILES string of the molecule is COc1ccc(CCNC(=O)C2(C)CC2(Cl)Cl)cc1OC. The zero-order valence-corrected chi connectivity index (χ0v) is 13.8. The van der Waals surface area contributed by atoms with Crippen molar-refractivity contribution in [3.05, 3.63) is 23.8 Å². The van der Waals surface area contributed by atoms with E-state index in [9.17, 15) is 4.79 Å². The maximum absolute atomic E-state index is 12.0. The van der Waals surface area contributed by atoms with Crippen LogP contribution in [0.15, 0.2) is 18.2 Å². The van der Waals surface area contributed by atoms with Gasteiger partial charge in [0.1, 0.15) is 4.33 Å². The summed E-state index contributed by atoms with van der Waals surface area (Å²) in [4.78, 5) is 12.0. The van der Waals surface area contributed by atoms with Gasteiger partial charge in [-0.15, -0.1) is 23.2 Å². The molecule has 116 valence electrons. The van der Waals surface area contributed by atoms with Crippen LogP contribution in [0.1, 0.15) is 18.9 Å². The van der Waals surface area contributed by atoms with Crippen LogP contribution >= 0.6 is 23.2 Å². The van der Waals surface area contributed by atoms with Gasteiger partial charge in [0.2, 0.25) is 5.91 Å². The van der Waals surface area contributed by atoms with E-state index in [1.165, 1.54) is 0 Å². The van der Waals surface area contributed by atoms with Crippen LogP contribution in [0, 0.1) is 5.41 Å². The molecule has 1 N–H and O–H groups in total. The number of carbonyl (C=O) groups is 1. The molecule has 0 aromatic heterocycles. The van der Waals surface area contributed by atoms with Gasteiger partial charge < -0.3 is 14.8 Å². The summed E-state index contributed by atoms with van der Waals surface area (Å²) in [6, 6.07) is 5.69. The molecule has 0 heterocycles. The number of nitrogens with one attached hydrogen (secondary N) is 1. The van der Waals surface area contributed by atoms with Crippen molar-refractivity contribution in [2.24, 2.45) is 5.41 Å². The topological polar surface area (TPSA) is 47.6 Å². The first-order valence-corrected chi connectivity index (χ1v) is 7.47. The number of alkyl halides is 2. The number of ether oxygens (including phenoxy) is 2. The lowest BCUT2D eigenvalue weighted by molar-refractivity contribution is -0.125. The van der Waals surface area contributed by atoms with Crippen molar-refractivity contribution in [1.82, 2.24) is 5.32 Å². The third-order valence-electron chi connectivity index (χ3n) is 3.91. The van der Waals surface area contributed by atoms with Crippen molar-refractivity contribution in [2.45, 2.75) is 24.1 Å². The average Bonchev–Trinajstić information content (AvgIpc) is 2.98. The largest absolute Gasteiger partial charge is 0.493 e. The Bertz CT molecular complexity index is 548. The van der Waals surface area contributed by atoms with Crippen LogP contribution in [0.5, 0.6) is 11.5 Å². The van der Waals surface area contributed by atoms with Crippen LogP contribution in [0.4, 0.5) is 0 Å². The van der Waals surface area contributed by atoms with Gasteiger partial charge in [-0.25, -0.2) is 0 Å². The highest BCUT2D eigenvalue weighted by Gasteiger charge is 2.67. The Morgan fingerprint density at radius 2 is 1.90 bits per heavy atom. The molecule has 1 aromatic rings. The minimum Gasteiger partial charge on any atom is -0.493 e. The molecule has 1 saturated carbocycles. The minimum atomic E-state index is -0.930. The molecule has 1 aromatic carbocycles. The molecule has 1 fully saturated rings. The number of carbonyl (C=O) groups excluding carboxylic acids is 1. The van der Waals surface area contributed by atoms with E-state index in [-0.39, 0.29) is 5.91 Å².